The standard InChI is InChI=1S/C39H64O17S.Na/c1-6-20(11-14-52-35-31(46)28(43)24(41)17-53-35)8-7-19(2)27-30(45)32(56-57(48,49)50)34-38(27,4)13-10-26-37(3)12-9-21(15-22(37)23(40)16-39(26,34)47)55-36-33(51-5)29(44)25(42)18-54-36;/h7-8,15,19-21,23-36,40-47H,6,9-14,16-18H2,1-5H3,(H,48,49,50);/q;+1/p-1/b8-7+;/t19-,20-,21+,23-,24-,25-,26-,27+,28+,29+,30-,31-,32+,33-,34-,35-,36+,37+,38-,39+;/m1./s1. The third-order valence-electron chi connectivity index (χ3n) is 14.5. The third-order valence-corrected chi connectivity index (χ3v) is 14.9. The van der Waals surface area contributed by atoms with Gasteiger partial charge in [-0.05, 0) is 78.6 Å². The van der Waals surface area contributed by atoms with Gasteiger partial charge in [-0.15, -0.1) is 0 Å². The molecular weight excluding hydrogens is 795 g/mol. The van der Waals surface area contributed by atoms with Crippen LogP contribution in [0.2, 0.25) is 0 Å². The van der Waals surface area contributed by atoms with Gasteiger partial charge >= 0.3 is 29.6 Å². The van der Waals surface area contributed by atoms with E-state index in [4.69, 9.17) is 27.9 Å². The molecule has 0 unspecified atom stereocenters. The van der Waals surface area contributed by atoms with E-state index in [0.717, 1.165) is 0 Å². The maximum absolute atomic E-state index is 13.0. The molecule has 0 aromatic carbocycles. The molecule has 2 heterocycles. The van der Waals surface area contributed by atoms with Crippen molar-refractivity contribution in [2.75, 3.05) is 26.9 Å². The van der Waals surface area contributed by atoms with Gasteiger partial charge in [-0.3, -0.25) is 4.18 Å². The number of rotatable bonds is 13. The first-order valence-corrected chi connectivity index (χ1v) is 21.6. The second-order valence-corrected chi connectivity index (χ2v) is 18.8. The van der Waals surface area contributed by atoms with Gasteiger partial charge in [-0.1, -0.05) is 45.9 Å². The van der Waals surface area contributed by atoms with Crippen LogP contribution in [0.3, 0.4) is 0 Å². The molecule has 6 rings (SSSR count). The fourth-order valence-electron chi connectivity index (χ4n) is 11.7. The van der Waals surface area contributed by atoms with E-state index in [9.17, 15) is 53.8 Å². The molecule has 20 atom stereocenters. The summed E-state index contributed by atoms with van der Waals surface area (Å²) < 4.78 is 70.2. The van der Waals surface area contributed by atoms with Crippen LogP contribution in [0.15, 0.2) is 23.8 Å². The van der Waals surface area contributed by atoms with Crippen molar-refractivity contribution in [2.24, 2.45) is 40.4 Å². The van der Waals surface area contributed by atoms with Crippen LogP contribution < -0.4 is 29.6 Å². The minimum Gasteiger partial charge on any atom is -0.726 e. The Kier molecular flexibility index (Phi) is 15.9. The number of hydrogen-bond acceptors (Lipinski definition) is 17. The Labute approximate surface area is 362 Å². The fraction of sp³-hybridized carbons (Fsp3) is 0.897. The molecule has 0 aromatic rings. The number of aliphatic hydroxyl groups excluding tert-OH is 7. The van der Waals surface area contributed by atoms with E-state index in [1.165, 1.54) is 7.11 Å². The van der Waals surface area contributed by atoms with Gasteiger partial charge in [-0.2, -0.15) is 0 Å². The van der Waals surface area contributed by atoms with Crippen molar-refractivity contribution < 1.29 is 111 Å². The first kappa shape index (κ1) is 48.9. The molecule has 5 fully saturated rings. The Hall–Kier alpha value is -0.170. The SMILES string of the molecule is CC[C@H](/C=C/[C@@H](C)[C@H]1[C@@H](O)[C@H](OS(=O)(=O)[O-])[C@@H]2[C@]1(C)CC[C@H]1[C@@]2(O)C[C@@H](O)C2=C[C@@H](O[C@@H]3OC[C@@H](O)[C@H](O)[C@H]3OC)CC[C@@]21C)CCO[C@@H]1OC[C@@H](O)[C@H](O)[C@H]1O.[Na+]. The van der Waals surface area contributed by atoms with E-state index < -0.39 is 118 Å². The zero-order chi connectivity index (χ0) is 41.8. The summed E-state index contributed by atoms with van der Waals surface area (Å²) in [5.41, 5.74) is -2.80. The maximum atomic E-state index is 13.0. The summed E-state index contributed by atoms with van der Waals surface area (Å²) in [6, 6.07) is 0. The molecule has 328 valence electrons. The molecule has 2 saturated heterocycles. The zero-order valence-electron chi connectivity index (χ0n) is 34.3. The summed E-state index contributed by atoms with van der Waals surface area (Å²) in [7, 11) is -3.96. The van der Waals surface area contributed by atoms with Gasteiger partial charge in [0.15, 0.2) is 12.6 Å². The van der Waals surface area contributed by atoms with Crippen LogP contribution in [0.25, 0.3) is 0 Å². The molecule has 8 N–H and O–H groups in total. The molecular formula is C39H63NaO17S. The van der Waals surface area contributed by atoms with Crippen molar-refractivity contribution >= 4 is 10.4 Å². The Morgan fingerprint density at radius 2 is 1.59 bits per heavy atom. The van der Waals surface area contributed by atoms with Crippen molar-refractivity contribution in [3.8, 4) is 0 Å². The van der Waals surface area contributed by atoms with Gasteiger partial charge < -0.3 is 69.1 Å². The van der Waals surface area contributed by atoms with Crippen LogP contribution in [0, 0.1) is 40.4 Å². The zero-order valence-corrected chi connectivity index (χ0v) is 37.1. The third kappa shape index (κ3) is 9.23. The molecule has 6 aliphatic rings. The van der Waals surface area contributed by atoms with Crippen molar-refractivity contribution in [3.05, 3.63) is 23.8 Å². The Bertz CT molecular complexity index is 1570. The summed E-state index contributed by atoms with van der Waals surface area (Å²) in [6.07, 6.45) is -5.56. The number of hydrogen-bond donors (Lipinski definition) is 8. The molecule has 17 nitrogen and oxygen atoms in total. The molecule has 4 aliphatic carbocycles. The van der Waals surface area contributed by atoms with Gasteiger partial charge in [0.1, 0.15) is 42.7 Å². The normalized spacial score (nSPS) is 48.0. The van der Waals surface area contributed by atoms with E-state index in [-0.39, 0.29) is 67.6 Å². The number of fused-ring (bicyclic) bond motifs is 5. The summed E-state index contributed by atoms with van der Waals surface area (Å²) in [6.45, 7) is 7.58. The maximum Gasteiger partial charge on any atom is 1.00 e. The minimum absolute atomic E-state index is 0. The molecule has 0 radical (unpaired) electrons. The van der Waals surface area contributed by atoms with Gasteiger partial charge in [0.2, 0.25) is 10.4 Å². The van der Waals surface area contributed by atoms with Gasteiger partial charge in [-0.25, -0.2) is 8.42 Å². The number of methoxy groups -OCH3 is 1. The Balaban J connectivity index is 0.00000641. The molecule has 0 aromatic heterocycles. The summed E-state index contributed by atoms with van der Waals surface area (Å²) in [5.74, 6) is -2.59. The number of ether oxygens (including phenoxy) is 5. The first-order valence-electron chi connectivity index (χ1n) is 20.3. The average molecular weight is 859 g/mol. The van der Waals surface area contributed by atoms with Crippen LogP contribution in [0.1, 0.15) is 72.6 Å². The minimum atomic E-state index is -5.34. The molecule has 58 heavy (non-hydrogen) atoms. The monoisotopic (exact) mass is 858 g/mol. The molecule has 0 bridgehead atoms. The quantitative estimate of drug-likeness (QED) is 0.0389. The van der Waals surface area contributed by atoms with Crippen molar-refractivity contribution in [2.45, 2.75) is 152 Å². The summed E-state index contributed by atoms with van der Waals surface area (Å²) >= 11 is 0. The van der Waals surface area contributed by atoms with Crippen LogP contribution >= 0.6 is 0 Å². The van der Waals surface area contributed by atoms with Gasteiger partial charge in [0.05, 0.1) is 43.7 Å². The largest absolute Gasteiger partial charge is 1.00 e. The van der Waals surface area contributed by atoms with Crippen LogP contribution in [-0.2, 0) is 38.3 Å². The fourth-order valence-corrected chi connectivity index (χ4v) is 12.2. The smallest absolute Gasteiger partial charge is 0.726 e. The van der Waals surface area contributed by atoms with E-state index in [2.05, 4.69) is 0 Å². The Morgan fingerprint density at radius 3 is 2.22 bits per heavy atom. The van der Waals surface area contributed by atoms with Crippen molar-refractivity contribution in [1.29, 1.82) is 0 Å². The van der Waals surface area contributed by atoms with Crippen LogP contribution in [-0.4, -0.2) is 160 Å². The van der Waals surface area contributed by atoms with E-state index in [1.807, 2.05) is 45.9 Å². The summed E-state index contributed by atoms with van der Waals surface area (Å²) in [5, 5.41) is 87.2. The molecule has 0 amide bonds. The first-order chi connectivity index (χ1) is 26.7. The van der Waals surface area contributed by atoms with Crippen LogP contribution in [0.4, 0.5) is 0 Å². The molecule has 2 aliphatic heterocycles. The predicted octanol–water partition coefficient (Wildman–Crippen LogP) is -3.38. The predicted molar refractivity (Wildman–Crippen MR) is 197 cm³/mol. The topological polar surface area (TPSA) is 274 Å². The molecule has 3 saturated carbocycles. The summed E-state index contributed by atoms with van der Waals surface area (Å²) in [4.78, 5) is 0. The second-order valence-electron chi connectivity index (χ2n) is 17.8. The molecule has 19 heteroatoms. The van der Waals surface area contributed by atoms with Gasteiger partial charge in [0.25, 0.3) is 0 Å². The second kappa shape index (κ2) is 18.9. The van der Waals surface area contributed by atoms with E-state index in [0.29, 0.717) is 44.1 Å². The number of allylic oxidation sites excluding steroid dienone is 2. The number of aliphatic hydroxyl groups is 8. The van der Waals surface area contributed by atoms with Gasteiger partial charge in [0, 0.05) is 19.4 Å². The van der Waals surface area contributed by atoms with Crippen molar-refractivity contribution in [1.82, 2.24) is 0 Å². The van der Waals surface area contributed by atoms with Crippen molar-refractivity contribution in [3.63, 3.8) is 0 Å². The Morgan fingerprint density at radius 1 is 0.931 bits per heavy atom. The molecule has 0 spiro atoms. The van der Waals surface area contributed by atoms with Crippen LogP contribution in [0.5, 0.6) is 0 Å². The average Bonchev–Trinajstić information content (AvgIpc) is 3.36. The van der Waals surface area contributed by atoms with E-state index in [1.54, 1.807) is 0 Å². The van der Waals surface area contributed by atoms with E-state index >= 15 is 0 Å².